The van der Waals surface area contributed by atoms with Gasteiger partial charge in [0, 0.05) is 40.1 Å². The maximum absolute atomic E-state index is 6.03. The zero-order valence-electron chi connectivity index (χ0n) is 11.2. The lowest BCUT2D eigenvalue weighted by molar-refractivity contribution is 0.645. The number of nitrogens with zero attached hydrogens (tertiary/aromatic N) is 1. The molecule has 1 aromatic heterocycles. The van der Waals surface area contributed by atoms with Crippen molar-refractivity contribution in [1.29, 1.82) is 0 Å². The molecule has 1 atom stereocenters. The maximum atomic E-state index is 6.03. The first-order valence-electron chi connectivity index (χ1n) is 6.80. The monoisotopic (exact) mass is 253 g/mol. The minimum atomic E-state index is 0.519. The van der Waals surface area contributed by atoms with Crippen molar-refractivity contribution in [2.45, 2.75) is 32.2 Å². The molecule has 0 aliphatic heterocycles. The van der Waals surface area contributed by atoms with E-state index in [1.54, 1.807) is 0 Å². The average molecular weight is 253 g/mol. The number of fused-ring (bicyclic) bond motifs is 1. The Morgan fingerprint density at radius 2 is 2.16 bits per heavy atom. The molecule has 0 fully saturated rings. The first-order valence-corrected chi connectivity index (χ1v) is 6.80. The van der Waals surface area contributed by atoms with E-state index in [-0.39, 0.29) is 0 Å². The fourth-order valence-electron chi connectivity index (χ4n) is 2.64. The summed E-state index contributed by atoms with van der Waals surface area (Å²) < 4.78 is 0. The summed E-state index contributed by atoms with van der Waals surface area (Å²) in [5, 5.41) is 5.84. The predicted molar refractivity (Wildman–Crippen MR) is 81.3 cm³/mol. The molecule has 0 radical (unpaired) electrons. The number of aromatic nitrogens is 1. The molecule has 0 spiro atoms. The standard InChI is InChI=1S/C16H19N3/c1-11-9-13-14(10-18-11)15(17)7-8-16(13)19-12-5-3-2-4-6-12/h2-3,7-10,12,19H,4-6,17H2,1H3. The van der Waals surface area contributed by atoms with Gasteiger partial charge in [-0.3, -0.25) is 4.98 Å². The number of benzene rings is 1. The first kappa shape index (κ1) is 12.0. The van der Waals surface area contributed by atoms with E-state index >= 15 is 0 Å². The molecule has 3 heteroatoms. The van der Waals surface area contributed by atoms with Crippen molar-refractivity contribution < 1.29 is 0 Å². The summed E-state index contributed by atoms with van der Waals surface area (Å²) in [5.74, 6) is 0. The number of nitrogens with one attached hydrogen (secondary N) is 1. The Labute approximate surface area is 113 Å². The molecule has 0 amide bonds. The van der Waals surface area contributed by atoms with Gasteiger partial charge in [-0.1, -0.05) is 12.2 Å². The number of nitrogens with two attached hydrogens (primary N) is 1. The van der Waals surface area contributed by atoms with Gasteiger partial charge in [-0.15, -0.1) is 0 Å². The lowest BCUT2D eigenvalue weighted by Crippen LogP contribution is -2.20. The highest BCUT2D eigenvalue weighted by Crippen LogP contribution is 2.30. The van der Waals surface area contributed by atoms with Crippen LogP contribution in [0.25, 0.3) is 10.8 Å². The summed E-state index contributed by atoms with van der Waals surface area (Å²) in [6.07, 6.45) is 9.82. The van der Waals surface area contributed by atoms with Crippen LogP contribution in [0.3, 0.4) is 0 Å². The van der Waals surface area contributed by atoms with Gasteiger partial charge in [0.2, 0.25) is 0 Å². The molecule has 3 nitrogen and oxygen atoms in total. The summed E-state index contributed by atoms with van der Waals surface area (Å²) in [6, 6.07) is 6.66. The largest absolute Gasteiger partial charge is 0.398 e. The molecule has 1 aromatic carbocycles. The molecule has 3 rings (SSSR count). The Bertz CT molecular complexity index is 631. The Balaban J connectivity index is 2.00. The topological polar surface area (TPSA) is 50.9 Å². The predicted octanol–water partition coefficient (Wildman–Crippen LogP) is 3.65. The zero-order valence-corrected chi connectivity index (χ0v) is 11.2. The molecule has 3 N–H and O–H groups in total. The van der Waals surface area contributed by atoms with Crippen LogP contribution in [0.15, 0.2) is 36.5 Å². The van der Waals surface area contributed by atoms with E-state index < -0.39 is 0 Å². The second-order valence-corrected chi connectivity index (χ2v) is 5.20. The Hall–Kier alpha value is -2.03. The van der Waals surface area contributed by atoms with Gasteiger partial charge in [0.25, 0.3) is 0 Å². The third-order valence-corrected chi connectivity index (χ3v) is 3.70. The van der Waals surface area contributed by atoms with Crippen LogP contribution in [0, 0.1) is 6.92 Å². The van der Waals surface area contributed by atoms with Crippen LogP contribution in [-0.4, -0.2) is 11.0 Å². The van der Waals surface area contributed by atoms with E-state index in [4.69, 9.17) is 5.73 Å². The fraction of sp³-hybridized carbons (Fsp3) is 0.312. The molecule has 0 saturated carbocycles. The van der Waals surface area contributed by atoms with Crippen LogP contribution in [-0.2, 0) is 0 Å². The molecule has 2 aromatic rings. The number of rotatable bonds is 2. The van der Waals surface area contributed by atoms with Crippen molar-refractivity contribution in [1.82, 2.24) is 4.98 Å². The van der Waals surface area contributed by atoms with Gasteiger partial charge in [-0.2, -0.15) is 0 Å². The summed E-state index contributed by atoms with van der Waals surface area (Å²) in [4.78, 5) is 4.34. The van der Waals surface area contributed by atoms with Crippen molar-refractivity contribution in [2.75, 3.05) is 11.1 Å². The highest BCUT2D eigenvalue weighted by atomic mass is 14.9. The van der Waals surface area contributed by atoms with Gasteiger partial charge >= 0.3 is 0 Å². The minimum absolute atomic E-state index is 0.519. The molecule has 1 unspecified atom stereocenters. The highest BCUT2D eigenvalue weighted by molar-refractivity contribution is 6.00. The molecule has 98 valence electrons. The van der Waals surface area contributed by atoms with E-state index in [1.165, 1.54) is 11.8 Å². The van der Waals surface area contributed by atoms with Crippen LogP contribution in [0.2, 0.25) is 0 Å². The first-order chi connectivity index (χ1) is 9.24. The number of allylic oxidation sites excluding steroid dienone is 1. The smallest absolute Gasteiger partial charge is 0.0424 e. The Morgan fingerprint density at radius 3 is 2.95 bits per heavy atom. The molecule has 1 aliphatic rings. The molecule has 0 saturated heterocycles. The van der Waals surface area contributed by atoms with Crippen molar-refractivity contribution in [3.05, 3.63) is 42.2 Å². The Kier molecular flexibility index (Phi) is 3.11. The molecule has 19 heavy (non-hydrogen) atoms. The summed E-state index contributed by atoms with van der Waals surface area (Å²) in [6.45, 7) is 2.01. The second-order valence-electron chi connectivity index (χ2n) is 5.20. The lowest BCUT2D eigenvalue weighted by atomic mass is 10.0. The summed E-state index contributed by atoms with van der Waals surface area (Å²) in [7, 11) is 0. The number of hydrogen-bond donors (Lipinski definition) is 2. The molecular weight excluding hydrogens is 234 g/mol. The molecular formula is C16H19N3. The molecule has 1 aliphatic carbocycles. The zero-order chi connectivity index (χ0) is 13.2. The summed E-state index contributed by atoms with van der Waals surface area (Å²) in [5.41, 5.74) is 9.00. The quantitative estimate of drug-likeness (QED) is 0.634. The van der Waals surface area contributed by atoms with E-state index in [0.717, 1.165) is 35.3 Å². The van der Waals surface area contributed by atoms with Gasteiger partial charge in [0.15, 0.2) is 0 Å². The van der Waals surface area contributed by atoms with Crippen molar-refractivity contribution >= 4 is 22.1 Å². The molecule has 1 heterocycles. The van der Waals surface area contributed by atoms with E-state index in [2.05, 4.69) is 34.6 Å². The maximum Gasteiger partial charge on any atom is 0.0424 e. The van der Waals surface area contributed by atoms with Crippen LogP contribution < -0.4 is 11.1 Å². The van der Waals surface area contributed by atoms with Crippen LogP contribution in [0.5, 0.6) is 0 Å². The number of hydrogen-bond acceptors (Lipinski definition) is 3. The van der Waals surface area contributed by atoms with Crippen LogP contribution in [0.4, 0.5) is 11.4 Å². The number of anilines is 2. The second kappa shape index (κ2) is 4.92. The summed E-state index contributed by atoms with van der Waals surface area (Å²) >= 11 is 0. The van der Waals surface area contributed by atoms with Gasteiger partial charge in [-0.05, 0) is 44.4 Å². The van der Waals surface area contributed by atoms with Crippen molar-refractivity contribution in [3.63, 3.8) is 0 Å². The fourth-order valence-corrected chi connectivity index (χ4v) is 2.64. The highest BCUT2D eigenvalue weighted by Gasteiger charge is 2.12. The normalized spacial score (nSPS) is 18.7. The van der Waals surface area contributed by atoms with E-state index in [0.29, 0.717) is 6.04 Å². The van der Waals surface area contributed by atoms with Gasteiger partial charge in [-0.25, -0.2) is 0 Å². The SMILES string of the molecule is Cc1cc2c(NC3CC=CCC3)ccc(N)c2cn1. The number of nitrogen functional groups attached to an aromatic ring is 1. The van der Waals surface area contributed by atoms with Crippen LogP contribution in [0.1, 0.15) is 25.0 Å². The molecule has 0 bridgehead atoms. The lowest BCUT2D eigenvalue weighted by Gasteiger charge is -2.22. The third-order valence-electron chi connectivity index (χ3n) is 3.70. The Morgan fingerprint density at radius 1 is 1.26 bits per heavy atom. The number of aryl methyl sites for hydroxylation is 1. The van der Waals surface area contributed by atoms with Gasteiger partial charge in [0.1, 0.15) is 0 Å². The van der Waals surface area contributed by atoms with E-state index in [9.17, 15) is 0 Å². The van der Waals surface area contributed by atoms with Crippen LogP contribution >= 0.6 is 0 Å². The minimum Gasteiger partial charge on any atom is -0.398 e. The van der Waals surface area contributed by atoms with Gasteiger partial charge < -0.3 is 11.1 Å². The average Bonchev–Trinajstić information content (AvgIpc) is 2.43. The number of pyridine rings is 1. The van der Waals surface area contributed by atoms with Gasteiger partial charge in [0.05, 0.1) is 0 Å². The van der Waals surface area contributed by atoms with E-state index in [1.807, 2.05) is 19.2 Å². The van der Waals surface area contributed by atoms with Crippen molar-refractivity contribution in [3.8, 4) is 0 Å². The van der Waals surface area contributed by atoms with Crippen molar-refractivity contribution in [2.24, 2.45) is 0 Å². The third kappa shape index (κ3) is 2.41.